The molecule has 1 fully saturated rings. The number of nitrogens with two attached hydrogens (primary N) is 2. The summed E-state index contributed by atoms with van der Waals surface area (Å²) in [5, 5.41) is 0.188. The minimum Gasteiger partial charge on any atom is -0.488 e. The van der Waals surface area contributed by atoms with Gasteiger partial charge in [0.1, 0.15) is 23.7 Å². The lowest BCUT2D eigenvalue weighted by molar-refractivity contribution is -0.156. The average molecular weight is 435 g/mol. The van der Waals surface area contributed by atoms with Crippen molar-refractivity contribution in [1.29, 1.82) is 0 Å². The van der Waals surface area contributed by atoms with Crippen LogP contribution in [0.4, 0.5) is 8.78 Å². The summed E-state index contributed by atoms with van der Waals surface area (Å²) in [5.74, 6) is -4.38. The van der Waals surface area contributed by atoms with Crippen LogP contribution in [0.5, 0.6) is 5.75 Å². The number of hydrogen-bond donors (Lipinski definition) is 2. The van der Waals surface area contributed by atoms with Crippen LogP contribution in [0, 0.1) is 13.8 Å². The predicted molar refractivity (Wildman–Crippen MR) is 106 cm³/mol. The van der Waals surface area contributed by atoms with Gasteiger partial charge in [-0.25, -0.2) is 13.8 Å². The van der Waals surface area contributed by atoms with Gasteiger partial charge in [-0.05, 0) is 26.0 Å². The number of primary amides is 2. The first-order valence-corrected chi connectivity index (χ1v) is 9.99. The van der Waals surface area contributed by atoms with Gasteiger partial charge in [0.05, 0.1) is 27.1 Å². The number of ether oxygens (including phenoxy) is 1. The van der Waals surface area contributed by atoms with Crippen molar-refractivity contribution in [2.45, 2.75) is 44.6 Å². The summed E-state index contributed by atoms with van der Waals surface area (Å²) in [4.78, 5) is 29.6. The van der Waals surface area contributed by atoms with E-state index in [4.69, 9.17) is 20.6 Å². The SMILES string of the molecule is Cc1ncsc1COc1ccc2oc(C)c(C(N)=O)c2c1C1(C(N)=O)CC(F)(F)C1. The number of hydrogen-bond acceptors (Lipinski definition) is 6. The van der Waals surface area contributed by atoms with Crippen LogP contribution in [0.2, 0.25) is 0 Å². The quantitative estimate of drug-likeness (QED) is 0.615. The van der Waals surface area contributed by atoms with E-state index in [9.17, 15) is 18.4 Å². The lowest BCUT2D eigenvalue weighted by Gasteiger charge is -2.45. The number of carbonyl (C=O) groups is 2. The smallest absolute Gasteiger partial charge is 0.252 e. The molecule has 2 amide bonds. The molecule has 2 aromatic heterocycles. The zero-order chi connectivity index (χ0) is 21.8. The van der Waals surface area contributed by atoms with Crippen LogP contribution in [0.25, 0.3) is 11.0 Å². The summed E-state index contributed by atoms with van der Waals surface area (Å²) in [6.45, 7) is 3.47. The zero-order valence-electron chi connectivity index (χ0n) is 16.3. The topological polar surface area (TPSA) is 121 Å². The van der Waals surface area contributed by atoms with Crippen molar-refractivity contribution >= 4 is 34.1 Å². The van der Waals surface area contributed by atoms with Crippen molar-refractivity contribution in [1.82, 2.24) is 4.98 Å². The monoisotopic (exact) mass is 435 g/mol. The molecular formula is C20H19F2N3O4S. The fourth-order valence-corrected chi connectivity index (χ4v) is 4.78. The second-order valence-corrected chi connectivity index (χ2v) is 8.45. The van der Waals surface area contributed by atoms with Crippen molar-refractivity contribution in [3.63, 3.8) is 0 Å². The molecule has 158 valence electrons. The van der Waals surface area contributed by atoms with Gasteiger partial charge < -0.3 is 20.6 Å². The third-order valence-electron chi connectivity index (χ3n) is 5.52. The minimum atomic E-state index is -3.06. The summed E-state index contributed by atoms with van der Waals surface area (Å²) in [6, 6.07) is 3.08. The largest absolute Gasteiger partial charge is 0.488 e. The van der Waals surface area contributed by atoms with Gasteiger partial charge >= 0.3 is 0 Å². The van der Waals surface area contributed by atoms with Crippen LogP contribution in [-0.4, -0.2) is 22.7 Å². The molecule has 1 aliphatic carbocycles. The molecule has 1 saturated carbocycles. The molecule has 30 heavy (non-hydrogen) atoms. The van der Waals surface area contributed by atoms with Crippen molar-refractivity contribution in [2.24, 2.45) is 11.5 Å². The molecule has 0 spiro atoms. The molecule has 1 aliphatic rings. The van der Waals surface area contributed by atoms with Crippen LogP contribution < -0.4 is 16.2 Å². The van der Waals surface area contributed by atoms with Crippen LogP contribution >= 0.6 is 11.3 Å². The number of halogens is 2. The van der Waals surface area contributed by atoms with Gasteiger partial charge in [0, 0.05) is 23.8 Å². The number of furan rings is 1. The maximum atomic E-state index is 14.0. The van der Waals surface area contributed by atoms with Gasteiger partial charge in [-0.1, -0.05) is 0 Å². The van der Waals surface area contributed by atoms with Crippen molar-refractivity contribution in [3.8, 4) is 5.75 Å². The van der Waals surface area contributed by atoms with Gasteiger partial charge in [-0.15, -0.1) is 11.3 Å². The predicted octanol–water partition coefficient (Wildman–Crippen LogP) is 3.34. The Hall–Kier alpha value is -3.01. The molecule has 0 saturated heterocycles. The zero-order valence-corrected chi connectivity index (χ0v) is 17.1. The van der Waals surface area contributed by atoms with Crippen LogP contribution in [-0.2, 0) is 16.8 Å². The number of carbonyl (C=O) groups excluding carboxylic acids is 2. The number of amides is 2. The molecule has 4 rings (SSSR count). The van der Waals surface area contributed by atoms with Crippen LogP contribution in [0.15, 0.2) is 22.1 Å². The Morgan fingerprint density at radius 1 is 1.27 bits per heavy atom. The number of aryl methyl sites for hydroxylation is 2. The van der Waals surface area contributed by atoms with Crippen LogP contribution in [0.1, 0.15) is 45.1 Å². The highest BCUT2D eigenvalue weighted by molar-refractivity contribution is 7.09. The van der Waals surface area contributed by atoms with Gasteiger partial charge in [0.2, 0.25) is 5.91 Å². The normalized spacial score (nSPS) is 16.9. The summed E-state index contributed by atoms with van der Waals surface area (Å²) in [5.41, 5.74) is 12.3. The van der Waals surface area contributed by atoms with E-state index < -0.39 is 36.0 Å². The fraction of sp³-hybridized carbons (Fsp3) is 0.350. The first kappa shape index (κ1) is 20.3. The first-order chi connectivity index (χ1) is 14.1. The fourth-order valence-electron chi connectivity index (χ4n) is 4.10. The van der Waals surface area contributed by atoms with E-state index in [0.29, 0.717) is 0 Å². The maximum absolute atomic E-state index is 14.0. The summed E-state index contributed by atoms with van der Waals surface area (Å²) in [7, 11) is 0. The Kier molecular flexibility index (Phi) is 4.57. The Labute approximate surface area is 174 Å². The van der Waals surface area contributed by atoms with E-state index in [1.165, 1.54) is 24.3 Å². The second-order valence-electron chi connectivity index (χ2n) is 7.51. The standard InChI is InChI=1S/C20H19F2N3O4S/c1-9-13(30-8-25-9)5-28-12-4-3-11-15(14(17(23)26)10(2)29-11)16(12)19(18(24)27)6-20(21,22)7-19/h3-4,8H,5-7H2,1-2H3,(H2,23,26)(H2,24,27). The van der Waals surface area contributed by atoms with E-state index in [0.717, 1.165) is 10.6 Å². The number of benzene rings is 1. The number of alkyl halides is 2. The highest BCUT2D eigenvalue weighted by Gasteiger charge is 2.62. The third-order valence-corrected chi connectivity index (χ3v) is 6.42. The van der Waals surface area contributed by atoms with E-state index >= 15 is 0 Å². The molecule has 0 bridgehead atoms. The molecule has 1 aromatic carbocycles. The molecular weight excluding hydrogens is 416 g/mol. The molecule has 0 radical (unpaired) electrons. The molecule has 0 atom stereocenters. The molecule has 0 unspecified atom stereocenters. The summed E-state index contributed by atoms with van der Waals surface area (Å²) < 4.78 is 39.5. The van der Waals surface area contributed by atoms with E-state index in [2.05, 4.69) is 4.98 Å². The number of nitrogens with zero attached hydrogens (tertiary/aromatic N) is 1. The van der Waals surface area contributed by atoms with E-state index in [-0.39, 0.29) is 40.2 Å². The van der Waals surface area contributed by atoms with E-state index in [1.807, 2.05) is 6.92 Å². The summed E-state index contributed by atoms with van der Waals surface area (Å²) in [6.07, 6.45) is -1.57. The molecule has 0 aliphatic heterocycles. The molecule has 3 aromatic rings. The van der Waals surface area contributed by atoms with Crippen molar-refractivity contribution in [3.05, 3.63) is 45.1 Å². The molecule has 7 nitrogen and oxygen atoms in total. The van der Waals surface area contributed by atoms with Gasteiger partial charge in [0.25, 0.3) is 11.8 Å². The van der Waals surface area contributed by atoms with Gasteiger partial charge in [0.15, 0.2) is 0 Å². The van der Waals surface area contributed by atoms with Crippen molar-refractivity contribution in [2.75, 3.05) is 0 Å². The first-order valence-electron chi connectivity index (χ1n) is 9.11. The number of fused-ring (bicyclic) bond motifs is 1. The lowest BCUT2D eigenvalue weighted by atomic mass is 9.60. The molecule has 10 heteroatoms. The van der Waals surface area contributed by atoms with Crippen molar-refractivity contribution < 1.29 is 27.5 Å². The van der Waals surface area contributed by atoms with Crippen LogP contribution in [0.3, 0.4) is 0 Å². The number of thiazole rings is 1. The Morgan fingerprint density at radius 2 is 1.97 bits per heavy atom. The Bertz CT molecular complexity index is 1180. The Balaban J connectivity index is 1.94. The third kappa shape index (κ3) is 3.02. The lowest BCUT2D eigenvalue weighted by Crippen LogP contribution is -2.57. The highest BCUT2D eigenvalue weighted by atomic mass is 32.1. The summed E-state index contributed by atoms with van der Waals surface area (Å²) >= 11 is 1.38. The average Bonchev–Trinajstić information content (AvgIpc) is 3.18. The van der Waals surface area contributed by atoms with Gasteiger partial charge in [-0.3, -0.25) is 9.59 Å². The molecule has 2 heterocycles. The highest BCUT2D eigenvalue weighted by Crippen LogP contribution is 2.57. The second kappa shape index (κ2) is 6.76. The Morgan fingerprint density at radius 3 is 2.50 bits per heavy atom. The molecule has 4 N–H and O–H groups in total. The number of rotatable bonds is 6. The van der Waals surface area contributed by atoms with E-state index in [1.54, 1.807) is 11.6 Å². The maximum Gasteiger partial charge on any atom is 0.252 e. The minimum absolute atomic E-state index is 0.0234. The van der Waals surface area contributed by atoms with Gasteiger partial charge in [-0.2, -0.15) is 0 Å². The number of aromatic nitrogens is 1.